The Morgan fingerprint density at radius 2 is 1.68 bits per heavy atom. The number of benzene rings is 2. The molecule has 0 radical (unpaired) electrons. The molecule has 212 valence electrons. The van der Waals surface area contributed by atoms with Gasteiger partial charge in [-0.25, -0.2) is 4.79 Å². The third-order valence-electron chi connectivity index (χ3n) is 7.14. The number of ether oxygens (including phenoxy) is 1. The number of carbonyl (C=O) groups excluding carboxylic acids is 4. The van der Waals surface area contributed by atoms with Crippen LogP contribution in [0.2, 0.25) is 0 Å². The number of fused-ring (bicyclic) bond motifs is 2. The van der Waals surface area contributed by atoms with Gasteiger partial charge in [0.25, 0.3) is 0 Å². The summed E-state index contributed by atoms with van der Waals surface area (Å²) in [4.78, 5) is 54.8. The number of carbonyl (C=O) groups is 4. The molecular formula is C30H37N5O5. The van der Waals surface area contributed by atoms with Gasteiger partial charge in [0.1, 0.15) is 18.1 Å². The van der Waals surface area contributed by atoms with Crippen molar-refractivity contribution in [2.45, 2.75) is 63.6 Å². The second kappa shape index (κ2) is 13.3. The highest BCUT2D eigenvalue weighted by atomic mass is 16.5. The van der Waals surface area contributed by atoms with Gasteiger partial charge >= 0.3 is 5.97 Å². The van der Waals surface area contributed by atoms with Gasteiger partial charge in [-0.1, -0.05) is 24.3 Å². The predicted octanol–water partition coefficient (Wildman–Crippen LogP) is 2.14. The van der Waals surface area contributed by atoms with E-state index in [2.05, 4.69) is 27.0 Å². The van der Waals surface area contributed by atoms with Crippen molar-refractivity contribution in [3.8, 4) is 0 Å². The maximum atomic E-state index is 13.5. The number of unbranched alkanes of at least 4 members (excludes halogenated alkanes) is 1. The molecule has 4 bridgehead atoms. The quantitative estimate of drug-likeness (QED) is 0.181. The summed E-state index contributed by atoms with van der Waals surface area (Å²) in [5.74, 6) is -1.92. The Kier molecular flexibility index (Phi) is 9.55. The number of amides is 3. The van der Waals surface area contributed by atoms with Crippen LogP contribution in [0.3, 0.4) is 0 Å². The molecule has 1 aromatic heterocycles. The molecule has 0 saturated carbocycles. The minimum Gasteiger partial charge on any atom is -0.467 e. The number of nitrogens with one attached hydrogen (secondary N) is 4. The molecule has 0 spiro atoms. The topological polar surface area (TPSA) is 155 Å². The lowest BCUT2D eigenvalue weighted by Crippen LogP contribution is -2.56. The Hall–Kier alpha value is -4.18. The van der Waals surface area contributed by atoms with Crippen molar-refractivity contribution < 1.29 is 23.9 Å². The van der Waals surface area contributed by atoms with E-state index in [4.69, 9.17) is 10.5 Å². The molecule has 1 aliphatic rings. The summed E-state index contributed by atoms with van der Waals surface area (Å²) in [5, 5.41) is 10.4. The number of H-pyrrole nitrogens is 1. The standard InChI is InChI=1S/C30H37N5O5/c1-18(36)32-27-17-20-11-13-24-22(16-20)21-15-19(10-12-23(21)33-24)7-3-4-9-26(30(39)40-2)35-28(37)25(34-29(27)38)8-5-6-14-31/h3-4,10-13,15-16,25-27,33H,5-9,14,17,31H2,1-2H3,(H,32,36)(H,34,38)(H,35,37)/t25-,26+,27?/m1/s1. The number of hydrogen-bond acceptors (Lipinski definition) is 6. The van der Waals surface area contributed by atoms with E-state index < -0.39 is 35.9 Å². The number of aromatic nitrogens is 1. The second-order valence-corrected chi connectivity index (χ2v) is 10.2. The first-order valence-electron chi connectivity index (χ1n) is 13.6. The monoisotopic (exact) mass is 547 g/mol. The summed E-state index contributed by atoms with van der Waals surface area (Å²) in [6, 6.07) is 9.39. The highest BCUT2D eigenvalue weighted by Crippen LogP contribution is 2.28. The molecule has 3 atom stereocenters. The van der Waals surface area contributed by atoms with Gasteiger partial charge in [0.15, 0.2) is 0 Å². The van der Waals surface area contributed by atoms with Gasteiger partial charge in [0.05, 0.1) is 7.11 Å². The first kappa shape index (κ1) is 28.8. The third-order valence-corrected chi connectivity index (χ3v) is 7.14. The number of hydrogen-bond donors (Lipinski definition) is 5. The molecule has 3 amide bonds. The van der Waals surface area contributed by atoms with Crippen LogP contribution in [0.5, 0.6) is 0 Å². The summed E-state index contributed by atoms with van der Waals surface area (Å²) in [7, 11) is 1.27. The Bertz CT molecular complexity index is 1430. The molecule has 2 heterocycles. The molecule has 3 aromatic rings. The number of methoxy groups -OCH3 is 1. The molecule has 0 fully saturated rings. The average molecular weight is 548 g/mol. The minimum atomic E-state index is -0.920. The van der Waals surface area contributed by atoms with Crippen molar-refractivity contribution >= 4 is 45.5 Å². The number of rotatable bonds is 6. The summed E-state index contributed by atoms with van der Waals surface area (Å²) >= 11 is 0. The van der Waals surface area contributed by atoms with E-state index in [1.54, 1.807) is 0 Å². The molecular weight excluding hydrogens is 510 g/mol. The summed E-state index contributed by atoms with van der Waals surface area (Å²) in [6.45, 7) is 1.80. The van der Waals surface area contributed by atoms with Gasteiger partial charge in [-0.2, -0.15) is 0 Å². The molecule has 1 aliphatic heterocycles. The van der Waals surface area contributed by atoms with Crippen molar-refractivity contribution in [3.63, 3.8) is 0 Å². The van der Waals surface area contributed by atoms with E-state index >= 15 is 0 Å². The van der Waals surface area contributed by atoms with Gasteiger partial charge in [0, 0.05) is 35.2 Å². The second-order valence-electron chi connectivity index (χ2n) is 10.2. The van der Waals surface area contributed by atoms with E-state index in [1.165, 1.54) is 14.0 Å². The van der Waals surface area contributed by atoms with Crippen LogP contribution in [0.1, 0.15) is 43.7 Å². The summed E-state index contributed by atoms with van der Waals surface area (Å²) in [5.41, 5.74) is 9.57. The van der Waals surface area contributed by atoms with E-state index in [0.29, 0.717) is 32.2 Å². The zero-order chi connectivity index (χ0) is 28.6. The fraction of sp³-hybridized carbons (Fsp3) is 0.400. The summed E-state index contributed by atoms with van der Waals surface area (Å²) in [6.07, 6.45) is 6.51. The average Bonchev–Trinajstić information content (AvgIpc) is 3.29. The Morgan fingerprint density at radius 1 is 0.975 bits per heavy atom. The highest BCUT2D eigenvalue weighted by molar-refractivity contribution is 6.07. The van der Waals surface area contributed by atoms with E-state index in [-0.39, 0.29) is 18.7 Å². The number of esters is 1. The van der Waals surface area contributed by atoms with Gasteiger partial charge in [-0.3, -0.25) is 14.4 Å². The van der Waals surface area contributed by atoms with Crippen LogP contribution in [0.25, 0.3) is 21.8 Å². The lowest BCUT2D eigenvalue weighted by atomic mass is 10.00. The molecule has 0 saturated heterocycles. The van der Waals surface area contributed by atoms with E-state index in [1.807, 2.05) is 42.5 Å². The van der Waals surface area contributed by atoms with Crippen molar-refractivity contribution in [1.82, 2.24) is 20.9 Å². The Morgan fingerprint density at radius 3 is 2.35 bits per heavy atom. The molecule has 10 heteroatoms. The van der Waals surface area contributed by atoms with E-state index in [9.17, 15) is 19.2 Å². The Balaban J connectivity index is 1.74. The maximum absolute atomic E-state index is 13.5. The molecule has 6 N–H and O–H groups in total. The van der Waals surface area contributed by atoms with Gasteiger partial charge < -0.3 is 31.4 Å². The first-order chi connectivity index (χ1) is 19.3. The SMILES string of the molecule is COC(=O)[C@@H]1CC=CCc2ccc3[nH]c4ccc(cc4c3c2)CC(NC(C)=O)C(=O)N[C@H](CCCCN)C(=O)N1. The van der Waals surface area contributed by atoms with Crippen LogP contribution in [0, 0.1) is 0 Å². The van der Waals surface area contributed by atoms with Crippen LogP contribution < -0.4 is 21.7 Å². The van der Waals surface area contributed by atoms with Crippen molar-refractivity contribution in [2.24, 2.45) is 5.73 Å². The molecule has 4 rings (SSSR count). The smallest absolute Gasteiger partial charge is 0.328 e. The van der Waals surface area contributed by atoms with Crippen LogP contribution >= 0.6 is 0 Å². The molecule has 0 aliphatic carbocycles. The highest BCUT2D eigenvalue weighted by Gasteiger charge is 2.29. The van der Waals surface area contributed by atoms with Crippen LogP contribution in [-0.2, 0) is 36.8 Å². The van der Waals surface area contributed by atoms with Crippen LogP contribution in [0.4, 0.5) is 0 Å². The molecule has 2 aromatic carbocycles. The maximum Gasteiger partial charge on any atom is 0.328 e. The largest absolute Gasteiger partial charge is 0.467 e. The van der Waals surface area contributed by atoms with Gasteiger partial charge in [-0.05, 0) is 74.0 Å². The normalized spacial score (nSPS) is 20.3. The van der Waals surface area contributed by atoms with Crippen molar-refractivity contribution in [3.05, 3.63) is 59.7 Å². The first-order valence-corrected chi connectivity index (χ1v) is 13.6. The number of nitrogens with two attached hydrogens (primary N) is 1. The zero-order valence-electron chi connectivity index (χ0n) is 22.9. The third kappa shape index (κ3) is 7.06. The van der Waals surface area contributed by atoms with Crippen molar-refractivity contribution in [2.75, 3.05) is 13.7 Å². The molecule has 1 unspecified atom stereocenters. The lowest BCUT2D eigenvalue weighted by Gasteiger charge is -2.24. The fourth-order valence-corrected chi connectivity index (χ4v) is 5.05. The van der Waals surface area contributed by atoms with Crippen LogP contribution in [0.15, 0.2) is 48.6 Å². The number of aromatic amines is 1. The number of allylic oxidation sites excluding steroid dienone is 1. The molecule has 40 heavy (non-hydrogen) atoms. The van der Waals surface area contributed by atoms with Crippen LogP contribution in [-0.4, -0.2) is 60.5 Å². The predicted molar refractivity (Wildman–Crippen MR) is 153 cm³/mol. The van der Waals surface area contributed by atoms with E-state index in [0.717, 1.165) is 32.9 Å². The molecule has 10 nitrogen and oxygen atoms in total. The Labute approximate surface area is 233 Å². The fourth-order valence-electron chi connectivity index (χ4n) is 5.05. The lowest BCUT2D eigenvalue weighted by molar-refractivity contribution is -0.145. The van der Waals surface area contributed by atoms with Crippen molar-refractivity contribution in [1.29, 1.82) is 0 Å². The minimum absolute atomic E-state index is 0.231. The zero-order valence-corrected chi connectivity index (χ0v) is 22.9. The summed E-state index contributed by atoms with van der Waals surface area (Å²) < 4.78 is 4.92. The van der Waals surface area contributed by atoms with Gasteiger partial charge in [-0.15, -0.1) is 0 Å². The van der Waals surface area contributed by atoms with Gasteiger partial charge in [0.2, 0.25) is 17.7 Å².